The number of fused-ring (bicyclic) bond motifs is 1. The molecule has 1 heterocycles. The van der Waals surface area contributed by atoms with Crippen LogP contribution < -0.4 is 10.6 Å². The fourth-order valence-electron chi connectivity index (χ4n) is 2.92. The van der Waals surface area contributed by atoms with Crippen LogP contribution >= 0.6 is 0 Å². The molecule has 1 aromatic rings. The average Bonchev–Trinajstić information content (AvgIpc) is 3.21. The quantitative estimate of drug-likeness (QED) is 0.813. The van der Waals surface area contributed by atoms with Gasteiger partial charge in [0.25, 0.3) is 0 Å². The molecule has 1 aromatic carbocycles. The molecule has 18 heavy (non-hydrogen) atoms. The van der Waals surface area contributed by atoms with Crippen LogP contribution in [0.3, 0.4) is 0 Å². The van der Waals surface area contributed by atoms with E-state index in [9.17, 15) is 4.79 Å². The first kappa shape index (κ1) is 11.6. The second-order valence-electron chi connectivity index (χ2n) is 5.56. The minimum absolute atomic E-state index is 0.164. The zero-order valence-corrected chi connectivity index (χ0v) is 10.9. The molecule has 1 atom stereocenters. The molecule has 3 nitrogen and oxygen atoms in total. The predicted octanol–water partition coefficient (Wildman–Crippen LogP) is 2.59. The van der Waals surface area contributed by atoms with Gasteiger partial charge < -0.3 is 10.6 Å². The van der Waals surface area contributed by atoms with Gasteiger partial charge in [0, 0.05) is 23.8 Å². The van der Waals surface area contributed by atoms with Crippen LogP contribution in [-0.2, 0) is 11.2 Å². The predicted molar refractivity (Wildman–Crippen MR) is 73.4 cm³/mol. The number of amides is 1. The van der Waals surface area contributed by atoms with E-state index in [-0.39, 0.29) is 11.8 Å². The third-order valence-corrected chi connectivity index (χ3v) is 4.27. The first-order valence-corrected chi connectivity index (χ1v) is 6.87. The summed E-state index contributed by atoms with van der Waals surface area (Å²) < 4.78 is 0. The van der Waals surface area contributed by atoms with Crippen LogP contribution in [0.1, 0.15) is 31.7 Å². The Morgan fingerprint density at radius 2 is 2.22 bits per heavy atom. The molecule has 0 spiro atoms. The lowest BCUT2D eigenvalue weighted by molar-refractivity contribution is -0.122. The molecule has 1 fully saturated rings. The molecule has 0 bridgehead atoms. The molecule has 2 N–H and O–H groups in total. The van der Waals surface area contributed by atoms with Crippen LogP contribution in [0, 0.1) is 11.8 Å². The van der Waals surface area contributed by atoms with Gasteiger partial charge in [0.1, 0.15) is 0 Å². The van der Waals surface area contributed by atoms with Gasteiger partial charge in [-0.15, -0.1) is 0 Å². The average molecular weight is 244 g/mol. The Bertz CT molecular complexity index is 479. The number of carbonyl (C=O) groups excluding carboxylic acids is 1. The summed E-state index contributed by atoms with van der Waals surface area (Å²) in [4.78, 5) is 14.5. The molecular formula is C15H20N2O. The summed E-state index contributed by atoms with van der Waals surface area (Å²) in [5, 5.41) is 0. The first-order chi connectivity index (χ1) is 8.68. The summed E-state index contributed by atoms with van der Waals surface area (Å²) in [5.74, 6) is 1.06. The molecule has 1 amide bonds. The number of nitrogen functional groups attached to an aromatic ring is 1. The Balaban J connectivity index is 1.91. The summed E-state index contributed by atoms with van der Waals surface area (Å²) in [6.45, 7) is 2.91. The molecule has 2 aliphatic rings. The van der Waals surface area contributed by atoms with Gasteiger partial charge in [-0.05, 0) is 49.3 Å². The number of rotatable bonds is 2. The molecule has 1 saturated carbocycles. The molecular weight excluding hydrogens is 224 g/mol. The molecule has 3 rings (SSSR count). The van der Waals surface area contributed by atoms with E-state index in [1.165, 1.54) is 12.8 Å². The van der Waals surface area contributed by atoms with Gasteiger partial charge in [-0.2, -0.15) is 0 Å². The van der Waals surface area contributed by atoms with Crippen molar-refractivity contribution >= 4 is 17.3 Å². The maximum Gasteiger partial charge on any atom is 0.230 e. The topological polar surface area (TPSA) is 46.3 Å². The molecule has 1 unspecified atom stereocenters. The van der Waals surface area contributed by atoms with E-state index < -0.39 is 0 Å². The SMILES string of the molecule is CC(C(=O)N1CCCc2c(N)cccc21)C1CC1. The van der Waals surface area contributed by atoms with Crippen molar-refractivity contribution in [3.63, 3.8) is 0 Å². The third kappa shape index (κ3) is 1.88. The van der Waals surface area contributed by atoms with Gasteiger partial charge in [0.05, 0.1) is 0 Å². The van der Waals surface area contributed by atoms with Crippen LogP contribution in [0.2, 0.25) is 0 Å². The van der Waals surface area contributed by atoms with E-state index in [1.54, 1.807) is 0 Å². The molecule has 0 aromatic heterocycles. The summed E-state index contributed by atoms with van der Waals surface area (Å²) in [5.41, 5.74) is 9.03. The van der Waals surface area contributed by atoms with Crippen LogP contribution in [0.15, 0.2) is 18.2 Å². The van der Waals surface area contributed by atoms with Crippen molar-refractivity contribution in [2.45, 2.75) is 32.6 Å². The number of nitrogens with two attached hydrogens (primary N) is 1. The van der Waals surface area contributed by atoms with Crippen LogP contribution in [0.25, 0.3) is 0 Å². The summed E-state index contributed by atoms with van der Waals surface area (Å²) in [7, 11) is 0. The lowest BCUT2D eigenvalue weighted by Gasteiger charge is -2.32. The smallest absolute Gasteiger partial charge is 0.230 e. The number of carbonyl (C=O) groups is 1. The maximum atomic E-state index is 12.5. The normalized spacial score (nSPS) is 20.4. The highest BCUT2D eigenvalue weighted by molar-refractivity contribution is 5.97. The Labute approximate surface area is 108 Å². The number of benzene rings is 1. The number of anilines is 2. The van der Waals surface area contributed by atoms with E-state index in [4.69, 9.17) is 5.73 Å². The molecule has 0 saturated heterocycles. The summed E-state index contributed by atoms with van der Waals surface area (Å²) in [6.07, 6.45) is 4.43. The van der Waals surface area contributed by atoms with Gasteiger partial charge in [0.15, 0.2) is 0 Å². The van der Waals surface area contributed by atoms with Crippen molar-refractivity contribution in [1.29, 1.82) is 0 Å². The van der Waals surface area contributed by atoms with Crippen molar-refractivity contribution in [3.8, 4) is 0 Å². The van der Waals surface area contributed by atoms with Crippen LogP contribution in [0.4, 0.5) is 11.4 Å². The maximum absolute atomic E-state index is 12.5. The molecule has 0 radical (unpaired) electrons. The zero-order valence-electron chi connectivity index (χ0n) is 10.9. The van der Waals surface area contributed by atoms with E-state index in [1.807, 2.05) is 23.1 Å². The fraction of sp³-hybridized carbons (Fsp3) is 0.533. The number of nitrogens with zero attached hydrogens (tertiary/aromatic N) is 1. The van der Waals surface area contributed by atoms with E-state index in [2.05, 4.69) is 6.92 Å². The highest BCUT2D eigenvalue weighted by Gasteiger charge is 2.36. The Hall–Kier alpha value is -1.51. The minimum Gasteiger partial charge on any atom is -0.398 e. The Kier molecular flexibility index (Phi) is 2.77. The van der Waals surface area contributed by atoms with Gasteiger partial charge in [-0.3, -0.25) is 4.79 Å². The van der Waals surface area contributed by atoms with Gasteiger partial charge in [-0.25, -0.2) is 0 Å². The molecule has 1 aliphatic carbocycles. The molecule has 1 aliphatic heterocycles. The largest absolute Gasteiger partial charge is 0.398 e. The van der Waals surface area contributed by atoms with Crippen molar-refractivity contribution in [3.05, 3.63) is 23.8 Å². The lowest BCUT2D eigenvalue weighted by Crippen LogP contribution is -2.39. The molecule has 96 valence electrons. The van der Waals surface area contributed by atoms with Crippen molar-refractivity contribution < 1.29 is 4.79 Å². The van der Waals surface area contributed by atoms with E-state index in [0.717, 1.165) is 36.3 Å². The van der Waals surface area contributed by atoms with Gasteiger partial charge in [-0.1, -0.05) is 13.0 Å². The van der Waals surface area contributed by atoms with Crippen molar-refractivity contribution in [1.82, 2.24) is 0 Å². The van der Waals surface area contributed by atoms with Gasteiger partial charge >= 0.3 is 0 Å². The summed E-state index contributed by atoms with van der Waals surface area (Å²) in [6, 6.07) is 5.90. The zero-order chi connectivity index (χ0) is 12.7. The van der Waals surface area contributed by atoms with Crippen molar-refractivity contribution in [2.75, 3.05) is 17.2 Å². The van der Waals surface area contributed by atoms with Gasteiger partial charge in [0.2, 0.25) is 5.91 Å². The number of hydrogen-bond donors (Lipinski definition) is 1. The minimum atomic E-state index is 0.164. The monoisotopic (exact) mass is 244 g/mol. The highest BCUT2D eigenvalue weighted by Crippen LogP contribution is 2.39. The fourth-order valence-corrected chi connectivity index (χ4v) is 2.92. The second-order valence-corrected chi connectivity index (χ2v) is 5.56. The number of hydrogen-bond acceptors (Lipinski definition) is 2. The molecule has 3 heteroatoms. The highest BCUT2D eigenvalue weighted by atomic mass is 16.2. The van der Waals surface area contributed by atoms with Crippen molar-refractivity contribution in [2.24, 2.45) is 11.8 Å². The standard InChI is InChI=1S/C15H20N2O/c1-10(11-7-8-11)15(18)17-9-3-4-12-13(16)5-2-6-14(12)17/h2,5-6,10-11H,3-4,7-9,16H2,1H3. The van der Waals surface area contributed by atoms with Crippen LogP contribution in [0.5, 0.6) is 0 Å². The summed E-state index contributed by atoms with van der Waals surface area (Å²) >= 11 is 0. The van der Waals surface area contributed by atoms with Crippen LogP contribution in [-0.4, -0.2) is 12.5 Å². The Morgan fingerprint density at radius 1 is 1.44 bits per heavy atom. The van der Waals surface area contributed by atoms with E-state index in [0.29, 0.717) is 5.92 Å². The lowest BCUT2D eigenvalue weighted by atomic mass is 9.97. The third-order valence-electron chi connectivity index (χ3n) is 4.27. The Morgan fingerprint density at radius 3 is 2.94 bits per heavy atom. The van der Waals surface area contributed by atoms with E-state index >= 15 is 0 Å². The second kappa shape index (κ2) is 4.30. The first-order valence-electron chi connectivity index (χ1n) is 6.87.